The molecule has 0 spiro atoms. The predicted molar refractivity (Wildman–Crippen MR) is 67.8 cm³/mol. The third kappa shape index (κ3) is 3.50. The second-order valence-electron chi connectivity index (χ2n) is 3.80. The molecule has 0 amide bonds. The Bertz CT molecular complexity index is 451. The van der Waals surface area contributed by atoms with Gasteiger partial charge in [-0.3, -0.25) is 4.79 Å². The monoisotopic (exact) mass is 249 g/mol. The zero-order chi connectivity index (χ0) is 12.8. The van der Waals surface area contributed by atoms with Gasteiger partial charge < -0.3 is 4.74 Å². The molecule has 1 rings (SSSR count). The van der Waals surface area contributed by atoms with Gasteiger partial charge in [0.1, 0.15) is 6.07 Å². The van der Waals surface area contributed by atoms with Crippen LogP contribution in [0.2, 0.25) is 0 Å². The standard InChI is InChI=1S/C13H15NO2S/c1-9-5-4-6-11(7-14)12(9)17-8-10(2)13(15)16-3/h4-6,10H,8H2,1-3H3. The minimum atomic E-state index is -0.218. The predicted octanol–water partition coefficient (Wildman–Crippen LogP) is 2.77. The molecule has 90 valence electrons. The second kappa shape index (κ2) is 6.31. The van der Waals surface area contributed by atoms with Crippen molar-refractivity contribution in [2.24, 2.45) is 5.92 Å². The number of ether oxygens (including phenoxy) is 1. The number of nitrogens with zero attached hydrogens (tertiary/aromatic N) is 1. The van der Waals surface area contributed by atoms with Crippen LogP contribution in [0.1, 0.15) is 18.1 Å². The van der Waals surface area contributed by atoms with Gasteiger partial charge in [-0.2, -0.15) is 5.26 Å². The Kier molecular flexibility index (Phi) is 5.05. The summed E-state index contributed by atoms with van der Waals surface area (Å²) < 4.78 is 4.67. The van der Waals surface area contributed by atoms with Gasteiger partial charge >= 0.3 is 5.97 Å². The summed E-state index contributed by atoms with van der Waals surface area (Å²) in [6.07, 6.45) is 0. The number of aryl methyl sites for hydroxylation is 1. The molecule has 0 aromatic heterocycles. The quantitative estimate of drug-likeness (QED) is 0.608. The molecule has 0 saturated heterocycles. The van der Waals surface area contributed by atoms with E-state index in [9.17, 15) is 4.79 Å². The summed E-state index contributed by atoms with van der Waals surface area (Å²) in [4.78, 5) is 12.2. The van der Waals surface area contributed by atoms with Crippen LogP contribution in [0.15, 0.2) is 23.1 Å². The third-order valence-electron chi connectivity index (χ3n) is 2.41. The van der Waals surface area contributed by atoms with Crippen molar-refractivity contribution in [3.63, 3.8) is 0 Å². The molecule has 0 aliphatic heterocycles. The highest BCUT2D eigenvalue weighted by Crippen LogP contribution is 2.28. The molecule has 0 fully saturated rings. The van der Waals surface area contributed by atoms with Crippen molar-refractivity contribution in [3.8, 4) is 6.07 Å². The summed E-state index contributed by atoms with van der Waals surface area (Å²) in [7, 11) is 1.39. The molecular weight excluding hydrogens is 234 g/mol. The highest BCUT2D eigenvalue weighted by atomic mass is 32.2. The number of benzene rings is 1. The molecule has 4 heteroatoms. The first-order chi connectivity index (χ1) is 8.10. The van der Waals surface area contributed by atoms with E-state index in [4.69, 9.17) is 5.26 Å². The van der Waals surface area contributed by atoms with Gasteiger partial charge in [0.05, 0.1) is 18.6 Å². The van der Waals surface area contributed by atoms with E-state index in [2.05, 4.69) is 10.8 Å². The van der Waals surface area contributed by atoms with E-state index in [1.165, 1.54) is 18.9 Å². The molecule has 17 heavy (non-hydrogen) atoms. The molecule has 1 atom stereocenters. The number of hydrogen-bond acceptors (Lipinski definition) is 4. The molecule has 1 aromatic carbocycles. The largest absolute Gasteiger partial charge is 0.469 e. The minimum absolute atomic E-state index is 0.170. The Morgan fingerprint density at radius 2 is 2.29 bits per heavy atom. The fraction of sp³-hybridized carbons (Fsp3) is 0.385. The van der Waals surface area contributed by atoms with Crippen LogP contribution >= 0.6 is 11.8 Å². The number of rotatable bonds is 4. The molecule has 0 N–H and O–H groups in total. The normalized spacial score (nSPS) is 11.6. The molecule has 0 heterocycles. The first kappa shape index (κ1) is 13.6. The Morgan fingerprint density at radius 3 is 2.88 bits per heavy atom. The van der Waals surface area contributed by atoms with Crippen LogP contribution in [0, 0.1) is 24.2 Å². The summed E-state index contributed by atoms with van der Waals surface area (Å²) in [5.74, 6) is 0.229. The van der Waals surface area contributed by atoms with Crippen molar-refractivity contribution < 1.29 is 9.53 Å². The minimum Gasteiger partial charge on any atom is -0.469 e. The summed E-state index contributed by atoms with van der Waals surface area (Å²) >= 11 is 1.53. The lowest BCUT2D eigenvalue weighted by Gasteiger charge is -2.11. The lowest BCUT2D eigenvalue weighted by Crippen LogP contribution is -2.14. The molecule has 0 bridgehead atoms. The maximum atomic E-state index is 11.3. The van der Waals surface area contributed by atoms with Gasteiger partial charge in [-0.15, -0.1) is 11.8 Å². The van der Waals surface area contributed by atoms with E-state index in [-0.39, 0.29) is 11.9 Å². The maximum absolute atomic E-state index is 11.3. The fourth-order valence-corrected chi connectivity index (χ4v) is 2.53. The Morgan fingerprint density at radius 1 is 1.59 bits per heavy atom. The number of carbonyl (C=O) groups excluding carboxylic acids is 1. The van der Waals surface area contributed by atoms with Gasteiger partial charge in [-0.1, -0.05) is 19.1 Å². The average Bonchev–Trinajstić information content (AvgIpc) is 2.35. The van der Waals surface area contributed by atoms with Crippen LogP contribution < -0.4 is 0 Å². The molecule has 0 saturated carbocycles. The number of nitriles is 1. The van der Waals surface area contributed by atoms with Crippen LogP contribution in [-0.4, -0.2) is 18.8 Å². The highest BCUT2D eigenvalue weighted by Gasteiger charge is 2.15. The molecular formula is C13H15NO2S. The Labute approximate surface area is 106 Å². The van der Waals surface area contributed by atoms with Gasteiger partial charge in [-0.25, -0.2) is 0 Å². The van der Waals surface area contributed by atoms with Gasteiger partial charge in [-0.05, 0) is 18.6 Å². The topological polar surface area (TPSA) is 50.1 Å². The molecule has 0 aliphatic carbocycles. The number of methoxy groups -OCH3 is 1. The van der Waals surface area contributed by atoms with Crippen LogP contribution in [0.4, 0.5) is 0 Å². The smallest absolute Gasteiger partial charge is 0.309 e. The van der Waals surface area contributed by atoms with Crippen LogP contribution in [0.25, 0.3) is 0 Å². The van der Waals surface area contributed by atoms with Gasteiger partial charge in [0.15, 0.2) is 0 Å². The van der Waals surface area contributed by atoms with E-state index in [1.807, 2.05) is 26.0 Å². The number of thioether (sulfide) groups is 1. The zero-order valence-corrected chi connectivity index (χ0v) is 11.0. The first-order valence-corrected chi connectivity index (χ1v) is 6.29. The Hall–Kier alpha value is -1.47. The van der Waals surface area contributed by atoms with Crippen molar-refractivity contribution in [2.75, 3.05) is 12.9 Å². The average molecular weight is 249 g/mol. The number of carbonyl (C=O) groups is 1. The lowest BCUT2D eigenvalue weighted by molar-refractivity contribution is -0.143. The molecule has 1 aromatic rings. The van der Waals surface area contributed by atoms with Crippen molar-refractivity contribution in [1.82, 2.24) is 0 Å². The van der Waals surface area contributed by atoms with Gasteiger partial charge in [0.25, 0.3) is 0 Å². The van der Waals surface area contributed by atoms with Crippen molar-refractivity contribution in [3.05, 3.63) is 29.3 Å². The van der Waals surface area contributed by atoms with Gasteiger partial charge in [0, 0.05) is 10.6 Å². The third-order valence-corrected chi connectivity index (χ3v) is 3.91. The number of hydrogen-bond donors (Lipinski definition) is 0. The van der Waals surface area contributed by atoms with E-state index < -0.39 is 0 Å². The SMILES string of the molecule is COC(=O)C(C)CSc1c(C)cccc1C#N. The van der Waals surface area contributed by atoms with E-state index in [0.29, 0.717) is 11.3 Å². The summed E-state index contributed by atoms with van der Waals surface area (Å²) in [5.41, 5.74) is 1.72. The van der Waals surface area contributed by atoms with Crippen molar-refractivity contribution in [2.45, 2.75) is 18.7 Å². The molecule has 3 nitrogen and oxygen atoms in total. The zero-order valence-electron chi connectivity index (χ0n) is 10.2. The molecule has 0 radical (unpaired) electrons. The maximum Gasteiger partial charge on any atom is 0.309 e. The van der Waals surface area contributed by atoms with E-state index >= 15 is 0 Å². The van der Waals surface area contributed by atoms with E-state index in [0.717, 1.165) is 10.5 Å². The van der Waals surface area contributed by atoms with Crippen molar-refractivity contribution in [1.29, 1.82) is 5.26 Å². The fourth-order valence-electron chi connectivity index (χ4n) is 1.41. The summed E-state index contributed by atoms with van der Waals surface area (Å²) in [6.45, 7) is 3.79. The van der Waals surface area contributed by atoms with Gasteiger partial charge in [0.2, 0.25) is 0 Å². The molecule has 1 unspecified atom stereocenters. The summed E-state index contributed by atoms with van der Waals surface area (Å²) in [6, 6.07) is 7.78. The van der Waals surface area contributed by atoms with Crippen LogP contribution in [-0.2, 0) is 9.53 Å². The number of esters is 1. The van der Waals surface area contributed by atoms with Crippen molar-refractivity contribution >= 4 is 17.7 Å². The summed E-state index contributed by atoms with van der Waals surface area (Å²) in [5, 5.41) is 9.01. The second-order valence-corrected chi connectivity index (χ2v) is 4.83. The molecule has 0 aliphatic rings. The van der Waals surface area contributed by atoms with E-state index in [1.54, 1.807) is 6.07 Å². The Balaban J connectivity index is 2.76. The lowest BCUT2D eigenvalue weighted by atomic mass is 10.1. The highest BCUT2D eigenvalue weighted by molar-refractivity contribution is 7.99. The first-order valence-electron chi connectivity index (χ1n) is 5.30. The van der Waals surface area contributed by atoms with Crippen LogP contribution in [0.3, 0.4) is 0 Å². The van der Waals surface area contributed by atoms with Crippen LogP contribution in [0.5, 0.6) is 0 Å².